The van der Waals surface area contributed by atoms with Crippen LogP contribution < -0.4 is 10.2 Å². The second-order valence-corrected chi connectivity index (χ2v) is 7.74. The number of aromatic nitrogens is 2. The summed E-state index contributed by atoms with van der Waals surface area (Å²) in [5.74, 6) is 0.706. The molecule has 1 fully saturated rings. The van der Waals surface area contributed by atoms with Gasteiger partial charge in [-0.15, -0.1) is 11.3 Å². The number of nitrogens with one attached hydrogen (secondary N) is 1. The van der Waals surface area contributed by atoms with Gasteiger partial charge in [-0.05, 0) is 57.0 Å². The SMILES string of the molecule is Cc1nc(C)c2c(C)c(C(=O)Nc3ccc(N4CCCC4=O)cc3)sc2n1. The van der Waals surface area contributed by atoms with E-state index in [0.717, 1.165) is 40.1 Å². The minimum atomic E-state index is -0.155. The van der Waals surface area contributed by atoms with Gasteiger partial charge in [-0.3, -0.25) is 9.59 Å². The Morgan fingerprint density at radius 3 is 2.56 bits per heavy atom. The van der Waals surface area contributed by atoms with E-state index in [2.05, 4.69) is 15.3 Å². The van der Waals surface area contributed by atoms with E-state index in [1.165, 1.54) is 11.3 Å². The molecule has 3 aromatic rings. The van der Waals surface area contributed by atoms with Crippen molar-refractivity contribution in [3.05, 3.63) is 46.2 Å². The number of fused-ring (bicyclic) bond motifs is 1. The van der Waals surface area contributed by atoms with Crippen LogP contribution >= 0.6 is 11.3 Å². The molecule has 1 N–H and O–H groups in total. The lowest BCUT2D eigenvalue weighted by Crippen LogP contribution is -2.23. The Bertz CT molecular complexity index is 1060. The third-order valence-corrected chi connectivity index (χ3v) is 5.98. The molecule has 0 aliphatic carbocycles. The summed E-state index contributed by atoms with van der Waals surface area (Å²) >= 11 is 1.39. The Balaban J connectivity index is 1.57. The van der Waals surface area contributed by atoms with Gasteiger partial charge in [0.05, 0.1) is 4.88 Å². The van der Waals surface area contributed by atoms with E-state index in [4.69, 9.17) is 0 Å². The largest absolute Gasteiger partial charge is 0.321 e. The second kappa shape index (κ2) is 6.74. The number of benzene rings is 1. The van der Waals surface area contributed by atoms with Crippen LogP contribution in [0.3, 0.4) is 0 Å². The van der Waals surface area contributed by atoms with Gasteiger partial charge in [0.1, 0.15) is 10.7 Å². The maximum Gasteiger partial charge on any atom is 0.266 e. The van der Waals surface area contributed by atoms with Gasteiger partial charge in [0, 0.05) is 35.4 Å². The molecule has 0 bridgehead atoms. The minimum absolute atomic E-state index is 0.152. The molecule has 6 nitrogen and oxygen atoms in total. The van der Waals surface area contributed by atoms with Gasteiger partial charge in [0.15, 0.2) is 0 Å². The van der Waals surface area contributed by atoms with Crippen molar-refractivity contribution in [1.29, 1.82) is 0 Å². The number of carbonyl (C=O) groups is 2. The summed E-state index contributed by atoms with van der Waals surface area (Å²) in [6.07, 6.45) is 1.50. The topological polar surface area (TPSA) is 75.2 Å². The van der Waals surface area contributed by atoms with E-state index in [1.54, 1.807) is 4.90 Å². The molecule has 1 aliphatic rings. The number of thiophene rings is 1. The first kappa shape index (κ1) is 17.6. The number of hydrogen-bond donors (Lipinski definition) is 1. The van der Waals surface area contributed by atoms with Crippen molar-refractivity contribution in [2.75, 3.05) is 16.8 Å². The van der Waals surface area contributed by atoms with Gasteiger partial charge in [-0.25, -0.2) is 9.97 Å². The highest BCUT2D eigenvalue weighted by atomic mass is 32.1. The molecule has 7 heteroatoms. The highest BCUT2D eigenvalue weighted by Gasteiger charge is 2.22. The normalized spacial score (nSPS) is 14.2. The molecule has 0 atom stereocenters. The lowest BCUT2D eigenvalue weighted by Gasteiger charge is -2.16. The van der Waals surface area contributed by atoms with Gasteiger partial charge >= 0.3 is 0 Å². The number of aryl methyl sites for hydroxylation is 3. The minimum Gasteiger partial charge on any atom is -0.321 e. The van der Waals surface area contributed by atoms with Gasteiger partial charge in [-0.1, -0.05) is 0 Å². The van der Waals surface area contributed by atoms with Crippen LogP contribution in [-0.2, 0) is 4.79 Å². The quantitative estimate of drug-likeness (QED) is 0.745. The van der Waals surface area contributed by atoms with Crippen molar-refractivity contribution in [2.24, 2.45) is 0 Å². The predicted octanol–water partition coefficient (Wildman–Crippen LogP) is 4.00. The van der Waals surface area contributed by atoms with Crippen LogP contribution in [0.2, 0.25) is 0 Å². The monoisotopic (exact) mass is 380 g/mol. The van der Waals surface area contributed by atoms with E-state index in [0.29, 0.717) is 22.8 Å². The van der Waals surface area contributed by atoms with Crippen molar-refractivity contribution >= 4 is 44.7 Å². The van der Waals surface area contributed by atoms with Crippen LogP contribution in [0.5, 0.6) is 0 Å². The van der Waals surface area contributed by atoms with Crippen LogP contribution in [0.15, 0.2) is 24.3 Å². The van der Waals surface area contributed by atoms with Gasteiger partial charge in [-0.2, -0.15) is 0 Å². The van der Waals surface area contributed by atoms with Crippen LogP contribution in [0.4, 0.5) is 11.4 Å². The highest BCUT2D eigenvalue weighted by Crippen LogP contribution is 2.32. The van der Waals surface area contributed by atoms with Crippen molar-refractivity contribution in [3.8, 4) is 0 Å². The first-order chi connectivity index (χ1) is 12.9. The average Bonchev–Trinajstić information content (AvgIpc) is 3.19. The molecule has 0 unspecified atom stereocenters. The van der Waals surface area contributed by atoms with Crippen molar-refractivity contribution in [1.82, 2.24) is 9.97 Å². The zero-order valence-electron chi connectivity index (χ0n) is 15.5. The standard InChI is InChI=1S/C20H20N4O2S/c1-11-17-12(2)21-13(3)22-20(17)27-18(11)19(26)23-14-6-8-15(9-7-14)24-10-4-5-16(24)25/h6-9H,4-5,10H2,1-3H3,(H,23,26). The Morgan fingerprint density at radius 2 is 1.89 bits per heavy atom. The van der Waals surface area contributed by atoms with Crippen molar-refractivity contribution in [3.63, 3.8) is 0 Å². The average molecular weight is 380 g/mol. The molecule has 4 rings (SSSR count). The molecule has 1 aliphatic heterocycles. The fraction of sp³-hybridized carbons (Fsp3) is 0.300. The number of rotatable bonds is 3. The number of hydrogen-bond acceptors (Lipinski definition) is 5. The molecule has 138 valence electrons. The summed E-state index contributed by atoms with van der Waals surface area (Å²) in [5.41, 5.74) is 3.37. The summed E-state index contributed by atoms with van der Waals surface area (Å²) in [4.78, 5) is 36.8. The smallest absolute Gasteiger partial charge is 0.266 e. The van der Waals surface area contributed by atoms with Crippen LogP contribution in [0.25, 0.3) is 10.2 Å². The molecule has 1 saturated heterocycles. The van der Waals surface area contributed by atoms with Gasteiger partial charge in [0.2, 0.25) is 5.91 Å². The molecule has 3 heterocycles. The van der Waals surface area contributed by atoms with Gasteiger partial charge in [0.25, 0.3) is 5.91 Å². The van der Waals surface area contributed by atoms with Crippen molar-refractivity contribution < 1.29 is 9.59 Å². The molecule has 27 heavy (non-hydrogen) atoms. The van der Waals surface area contributed by atoms with E-state index in [-0.39, 0.29) is 11.8 Å². The summed E-state index contributed by atoms with van der Waals surface area (Å²) in [5, 5.41) is 3.90. The third kappa shape index (κ3) is 3.19. The van der Waals surface area contributed by atoms with Crippen LogP contribution in [0, 0.1) is 20.8 Å². The molecule has 0 radical (unpaired) electrons. The third-order valence-electron chi connectivity index (χ3n) is 4.80. The van der Waals surface area contributed by atoms with E-state index in [9.17, 15) is 9.59 Å². The summed E-state index contributed by atoms with van der Waals surface area (Å²) in [6, 6.07) is 7.40. The molecule has 1 aromatic carbocycles. The zero-order chi connectivity index (χ0) is 19.1. The predicted molar refractivity (Wildman–Crippen MR) is 108 cm³/mol. The Morgan fingerprint density at radius 1 is 1.15 bits per heavy atom. The number of anilines is 2. The van der Waals surface area contributed by atoms with E-state index in [1.807, 2.05) is 45.0 Å². The zero-order valence-corrected chi connectivity index (χ0v) is 16.3. The Labute approximate surface area is 161 Å². The highest BCUT2D eigenvalue weighted by molar-refractivity contribution is 7.20. The van der Waals surface area contributed by atoms with Gasteiger partial charge < -0.3 is 10.2 Å². The summed E-state index contributed by atoms with van der Waals surface area (Å²) in [6.45, 7) is 6.48. The maximum atomic E-state index is 12.8. The molecule has 0 saturated carbocycles. The summed E-state index contributed by atoms with van der Waals surface area (Å²) < 4.78 is 0. The number of amides is 2. The van der Waals surface area contributed by atoms with E-state index < -0.39 is 0 Å². The lowest BCUT2D eigenvalue weighted by atomic mass is 10.1. The lowest BCUT2D eigenvalue weighted by molar-refractivity contribution is -0.117. The molecular weight excluding hydrogens is 360 g/mol. The Hall–Kier alpha value is -2.80. The Kier molecular flexibility index (Phi) is 4.39. The fourth-order valence-electron chi connectivity index (χ4n) is 3.52. The maximum absolute atomic E-state index is 12.8. The van der Waals surface area contributed by atoms with Crippen LogP contribution in [0.1, 0.15) is 39.6 Å². The fourth-order valence-corrected chi connectivity index (χ4v) is 4.70. The molecule has 2 amide bonds. The number of carbonyl (C=O) groups excluding carboxylic acids is 2. The molecule has 2 aromatic heterocycles. The number of nitrogens with zero attached hydrogens (tertiary/aromatic N) is 3. The summed E-state index contributed by atoms with van der Waals surface area (Å²) in [7, 11) is 0. The van der Waals surface area contributed by atoms with Crippen molar-refractivity contribution in [2.45, 2.75) is 33.6 Å². The first-order valence-corrected chi connectivity index (χ1v) is 9.72. The molecule has 0 spiro atoms. The molecular formula is C20H20N4O2S. The van der Waals surface area contributed by atoms with E-state index >= 15 is 0 Å². The van der Waals surface area contributed by atoms with Crippen LogP contribution in [-0.4, -0.2) is 28.3 Å². The second-order valence-electron chi connectivity index (χ2n) is 6.74. The first-order valence-electron chi connectivity index (χ1n) is 8.90.